The lowest BCUT2D eigenvalue weighted by Gasteiger charge is -2.26. The van der Waals surface area contributed by atoms with Crippen LogP contribution in [-0.4, -0.2) is 28.1 Å². The van der Waals surface area contributed by atoms with Crippen molar-refractivity contribution in [3.63, 3.8) is 0 Å². The highest BCUT2D eigenvalue weighted by atomic mass is 19.1. The van der Waals surface area contributed by atoms with Gasteiger partial charge in [-0.2, -0.15) is 0 Å². The standard InChI is InChI=1S/C28H29F2N3O2/c1-2-18-6-5-7-19(10-18)15-32-16-23(25(31)13-20-11-21(29)14-22(30)12-20)27-24(28(34)35)17-33-9-4-3-8-26(27)33/h3-12,14,17,23,25,32H,2,13,15-16,31H2,1H3,(H,34,35)/t23-,25+/m1/s1. The molecule has 5 nitrogen and oxygen atoms in total. The summed E-state index contributed by atoms with van der Waals surface area (Å²) in [7, 11) is 0. The molecule has 35 heavy (non-hydrogen) atoms. The number of fused-ring (bicyclic) bond motifs is 1. The van der Waals surface area contributed by atoms with E-state index in [1.165, 1.54) is 17.7 Å². The van der Waals surface area contributed by atoms with Crippen LogP contribution >= 0.6 is 0 Å². The van der Waals surface area contributed by atoms with Crippen molar-refractivity contribution in [2.75, 3.05) is 6.54 Å². The Morgan fingerprint density at radius 2 is 1.77 bits per heavy atom. The zero-order chi connectivity index (χ0) is 24.9. The number of nitrogens with two attached hydrogens (primary N) is 1. The molecule has 4 aromatic rings. The van der Waals surface area contributed by atoms with E-state index < -0.39 is 29.6 Å². The molecular weight excluding hydrogens is 448 g/mol. The molecule has 0 aliphatic heterocycles. The minimum Gasteiger partial charge on any atom is -0.478 e. The number of carboxylic acids is 1. The normalized spacial score (nSPS) is 13.1. The van der Waals surface area contributed by atoms with Gasteiger partial charge >= 0.3 is 5.97 Å². The van der Waals surface area contributed by atoms with Crippen LogP contribution < -0.4 is 11.1 Å². The summed E-state index contributed by atoms with van der Waals surface area (Å²) in [5, 5.41) is 13.4. The number of hydrogen-bond donors (Lipinski definition) is 3. The van der Waals surface area contributed by atoms with Crippen LogP contribution in [0.1, 0.15) is 45.5 Å². The SMILES string of the molecule is CCc1cccc(CNC[C@@H](c2c(C(=O)O)cn3ccccc23)[C@@H](N)Cc2cc(F)cc(F)c2)c1. The van der Waals surface area contributed by atoms with E-state index in [1.807, 2.05) is 30.3 Å². The van der Waals surface area contributed by atoms with Gasteiger partial charge in [-0.25, -0.2) is 13.6 Å². The van der Waals surface area contributed by atoms with Gasteiger partial charge in [-0.15, -0.1) is 0 Å². The number of rotatable bonds is 10. The van der Waals surface area contributed by atoms with E-state index in [4.69, 9.17) is 5.73 Å². The number of carbonyl (C=O) groups is 1. The molecule has 0 spiro atoms. The summed E-state index contributed by atoms with van der Waals surface area (Å²) in [5.41, 5.74) is 10.9. The van der Waals surface area contributed by atoms with Crippen LogP contribution in [0.3, 0.4) is 0 Å². The highest BCUT2D eigenvalue weighted by Gasteiger charge is 2.28. The van der Waals surface area contributed by atoms with Gasteiger partial charge in [-0.3, -0.25) is 0 Å². The first-order valence-electron chi connectivity index (χ1n) is 11.7. The first-order valence-corrected chi connectivity index (χ1v) is 11.7. The van der Waals surface area contributed by atoms with Gasteiger partial charge in [-0.05, 0) is 59.4 Å². The van der Waals surface area contributed by atoms with E-state index in [2.05, 4.69) is 24.4 Å². The number of halogens is 2. The van der Waals surface area contributed by atoms with E-state index in [1.54, 1.807) is 16.8 Å². The molecule has 0 saturated heterocycles. The Morgan fingerprint density at radius 3 is 2.49 bits per heavy atom. The van der Waals surface area contributed by atoms with E-state index in [9.17, 15) is 18.7 Å². The fourth-order valence-electron chi connectivity index (χ4n) is 4.65. The summed E-state index contributed by atoms with van der Waals surface area (Å²) in [4.78, 5) is 12.2. The summed E-state index contributed by atoms with van der Waals surface area (Å²) >= 11 is 0. The zero-order valence-electron chi connectivity index (χ0n) is 19.5. The molecule has 4 N–H and O–H groups in total. The highest BCUT2D eigenvalue weighted by molar-refractivity contribution is 5.93. The quantitative estimate of drug-likeness (QED) is 0.303. The maximum Gasteiger partial charge on any atom is 0.337 e. The molecule has 0 bridgehead atoms. The van der Waals surface area contributed by atoms with Crippen LogP contribution in [0.2, 0.25) is 0 Å². The summed E-state index contributed by atoms with van der Waals surface area (Å²) in [6.07, 6.45) is 4.50. The number of pyridine rings is 1. The number of nitrogens with zero attached hydrogens (tertiary/aromatic N) is 1. The molecule has 2 heterocycles. The highest BCUT2D eigenvalue weighted by Crippen LogP contribution is 2.30. The lowest BCUT2D eigenvalue weighted by atomic mass is 9.86. The molecule has 0 aliphatic rings. The molecule has 4 rings (SSSR count). The predicted molar refractivity (Wildman–Crippen MR) is 133 cm³/mol. The van der Waals surface area contributed by atoms with E-state index in [0.29, 0.717) is 24.2 Å². The van der Waals surface area contributed by atoms with Crippen LogP contribution in [-0.2, 0) is 19.4 Å². The second-order valence-corrected chi connectivity index (χ2v) is 8.81. The first kappa shape index (κ1) is 24.6. The average molecular weight is 478 g/mol. The van der Waals surface area contributed by atoms with Crippen molar-refractivity contribution in [2.45, 2.75) is 38.3 Å². The molecule has 0 amide bonds. The van der Waals surface area contributed by atoms with Crippen molar-refractivity contribution in [3.05, 3.63) is 113 Å². The van der Waals surface area contributed by atoms with Crippen molar-refractivity contribution in [1.29, 1.82) is 0 Å². The van der Waals surface area contributed by atoms with Crippen molar-refractivity contribution in [3.8, 4) is 0 Å². The average Bonchev–Trinajstić information content (AvgIpc) is 3.21. The largest absolute Gasteiger partial charge is 0.478 e. The molecule has 0 saturated carbocycles. The molecular formula is C28H29F2N3O2. The Kier molecular flexibility index (Phi) is 7.58. The third-order valence-electron chi connectivity index (χ3n) is 6.33. The second-order valence-electron chi connectivity index (χ2n) is 8.81. The molecule has 0 aliphatic carbocycles. The molecule has 2 aromatic carbocycles. The summed E-state index contributed by atoms with van der Waals surface area (Å²) in [5.74, 6) is -2.81. The maximum atomic E-state index is 13.8. The molecule has 182 valence electrons. The van der Waals surface area contributed by atoms with Crippen LogP contribution in [0.5, 0.6) is 0 Å². The van der Waals surface area contributed by atoms with Gasteiger partial charge in [-0.1, -0.05) is 37.3 Å². The second kappa shape index (κ2) is 10.8. The number of aryl methyl sites for hydroxylation is 1. The number of carboxylic acid groups (broad SMARTS) is 1. The fraction of sp³-hybridized carbons (Fsp3) is 0.250. The Labute approximate surface area is 203 Å². The van der Waals surface area contributed by atoms with E-state index >= 15 is 0 Å². The Morgan fingerprint density at radius 1 is 1.03 bits per heavy atom. The van der Waals surface area contributed by atoms with Crippen LogP contribution in [0.25, 0.3) is 5.52 Å². The number of hydrogen-bond acceptors (Lipinski definition) is 3. The van der Waals surface area contributed by atoms with Gasteiger partial charge in [0.1, 0.15) is 11.6 Å². The van der Waals surface area contributed by atoms with Crippen molar-refractivity contribution >= 4 is 11.5 Å². The maximum absolute atomic E-state index is 13.8. The van der Waals surface area contributed by atoms with Crippen LogP contribution in [0.4, 0.5) is 8.78 Å². The first-order chi connectivity index (χ1) is 16.9. The molecule has 2 aromatic heterocycles. The topological polar surface area (TPSA) is 79.8 Å². The van der Waals surface area contributed by atoms with Gasteiger partial charge in [0.05, 0.1) is 5.56 Å². The molecule has 0 fully saturated rings. The van der Waals surface area contributed by atoms with Crippen LogP contribution in [0.15, 0.2) is 73.1 Å². The fourth-order valence-corrected chi connectivity index (χ4v) is 4.65. The minimum atomic E-state index is -1.05. The van der Waals surface area contributed by atoms with Gasteiger partial charge < -0.3 is 20.6 Å². The zero-order valence-corrected chi connectivity index (χ0v) is 19.5. The van der Waals surface area contributed by atoms with Crippen LogP contribution in [0, 0.1) is 11.6 Å². The van der Waals surface area contributed by atoms with Crippen molar-refractivity contribution in [1.82, 2.24) is 9.72 Å². The lowest BCUT2D eigenvalue weighted by Crippen LogP contribution is -2.37. The molecule has 7 heteroatoms. The molecule has 2 atom stereocenters. The lowest BCUT2D eigenvalue weighted by molar-refractivity contribution is 0.0695. The van der Waals surface area contributed by atoms with Gasteiger partial charge in [0.2, 0.25) is 0 Å². The molecule has 0 radical (unpaired) electrons. The van der Waals surface area contributed by atoms with E-state index in [0.717, 1.165) is 23.6 Å². The van der Waals surface area contributed by atoms with Gasteiger partial charge in [0.25, 0.3) is 0 Å². The number of aromatic carboxylic acids is 1. The Balaban J connectivity index is 1.67. The minimum absolute atomic E-state index is 0.164. The van der Waals surface area contributed by atoms with Gasteiger partial charge in [0, 0.05) is 49.0 Å². The molecule has 0 unspecified atom stereocenters. The van der Waals surface area contributed by atoms with Crippen molar-refractivity contribution < 1.29 is 18.7 Å². The smallest absolute Gasteiger partial charge is 0.337 e. The Bertz CT molecular complexity index is 1310. The van der Waals surface area contributed by atoms with Crippen molar-refractivity contribution in [2.24, 2.45) is 5.73 Å². The number of nitrogens with one attached hydrogen (secondary N) is 1. The third kappa shape index (κ3) is 5.75. The van der Waals surface area contributed by atoms with E-state index in [-0.39, 0.29) is 12.0 Å². The number of aromatic nitrogens is 1. The monoisotopic (exact) mass is 477 g/mol. The predicted octanol–water partition coefficient (Wildman–Crippen LogP) is 4.92. The number of benzene rings is 2. The van der Waals surface area contributed by atoms with Gasteiger partial charge in [0.15, 0.2) is 0 Å². The summed E-state index contributed by atoms with van der Waals surface area (Å²) in [6, 6.07) is 16.5. The summed E-state index contributed by atoms with van der Waals surface area (Å²) < 4.78 is 29.4. The summed E-state index contributed by atoms with van der Waals surface area (Å²) in [6.45, 7) is 3.08. The third-order valence-corrected chi connectivity index (χ3v) is 6.33. The Hall–Kier alpha value is -3.55.